The summed E-state index contributed by atoms with van der Waals surface area (Å²) in [7, 11) is 0. The fourth-order valence-electron chi connectivity index (χ4n) is 5.09. The van der Waals surface area contributed by atoms with Crippen LogP contribution in [0.25, 0.3) is 0 Å². The Morgan fingerprint density at radius 2 is 1.89 bits per heavy atom. The number of alkyl halides is 1. The fraction of sp³-hybridized carbons (Fsp3) is 0.393. The molecule has 1 saturated carbocycles. The topological polar surface area (TPSA) is 78.1 Å². The number of H-pyrrole nitrogens is 1. The van der Waals surface area contributed by atoms with Crippen molar-refractivity contribution in [3.05, 3.63) is 88.0 Å². The molecule has 2 heterocycles. The Balaban J connectivity index is 1.39. The molecule has 2 aliphatic rings. The zero-order valence-corrected chi connectivity index (χ0v) is 20.4. The standard InChI is InChI=1S/C28H30F2N4O2/c1-16-23(17(2)33-32-16)14-26(35)34-15-21(29)13-25(34)28(36)31-27(19-6-4-3-5-7-19)20-10-11-22(18-8-9-18)24(30)12-20/h3-7,10-12,18,21,25,27H,8-9,13-15H2,1-2H3,(H,31,36)(H,32,33). The van der Waals surface area contributed by atoms with E-state index in [1.54, 1.807) is 13.0 Å². The summed E-state index contributed by atoms with van der Waals surface area (Å²) in [6, 6.07) is 12.8. The van der Waals surface area contributed by atoms with Crippen LogP contribution in [0.15, 0.2) is 48.5 Å². The summed E-state index contributed by atoms with van der Waals surface area (Å²) in [4.78, 5) is 28.0. The van der Waals surface area contributed by atoms with E-state index in [1.165, 1.54) is 11.0 Å². The molecule has 2 fully saturated rings. The highest BCUT2D eigenvalue weighted by molar-refractivity contribution is 5.89. The van der Waals surface area contributed by atoms with Gasteiger partial charge >= 0.3 is 0 Å². The molecule has 2 aromatic carbocycles. The van der Waals surface area contributed by atoms with E-state index in [0.717, 1.165) is 29.7 Å². The summed E-state index contributed by atoms with van der Waals surface area (Å²) in [5, 5.41) is 9.96. The van der Waals surface area contributed by atoms with Crippen LogP contribution < -0.4 is 5.32 Å². The molecule has 6 nitrogen and oxygen atoms in total. The maximum atomic E-state index is 14.9. The van der Waals surface area contributed by atoms with Crippen LogP contribution in [0.2, 0.25) is 0 Å². The fourth-order valence-corrected chi connectivity index (χ4v) is 5.09. The number of amides is 2. The van der Waals surface area contributed by atoms with Crippen LogP contribution in [0, 0.1) is 19.7 Å². The van der Waals surface area contributed by atoms with Gasteiger partial charge in [0.25, 0.3) is 0 Å². The molecule has 0 radical (unpaired) electrons. The van der Waals surface area contributed by atoms with E-state index in [-0.39, 0.29) is 37.0 Å². The highest BCUT2D eigenvalue weighted by Gasteiger charge is 2.40. The van der Waals surface area contributed by atoms with Crippen LogP contribution in [-0.4, -0.2) is 45.7 Å². The largest absolute Gasteiger partial charge is 0.343 e. The van der Waals surface area contributed by atoms with Crippen LogP contribution >= 0.6 is 0 Å². The average Bonchev–Trinajstić information content (AvgIpc) is 3.56. The van der Waals surface area contributed by atoms with Gasteiger partial charge in [-0.1, -0.05) is 42.5 Å². The van der Waals surface area contributed by atoms with Gasteiger partial charge in [0.2, 0.25) is 11.8 Å². The number of nitrogens with one attached hydrogen (secondary N) is 2. The Hall–Kier alpha value is -3.55. The van der Waals surface area contributed by atoms with E-state index < -0.39 is 24.2 Å². The normalized spacial score (nSPS) is 20.4. The Morgan fingerprint density at radius 3 is 2.53 bits per heavy atom. The minimum atomic E-state index is -1.29. The summed E-state index contributed by atoms with van der Waals surface area (Å²) in [5.74, 6) is -0.785. The highest BCUT2D eigenvalue weighted by atomic mass is 19.1. The van der Waals surface area contributed by atoms with Crippen LogP contribution in [0.5, 0.6) is 0 Å². The molecular weight excluding hydrogens is 462 g/mol. The second-order valence-electron chi connectivity index (χ2n) is 9.89. The first-order chi connectivity index (χ1) is 17.3. The highest BCUT2D eigenvalue weighted by Crippen LogP contribution is 2.42. The smallest absolute Gasteiger partial charge is 0.243 e. The summed E-state index contributed by atoms with van der Waals surface area (Å²) >= 11 is 0. The molecule has 1 aromatic heterocycles. The predicted octanol–water partition coefficient (Wildman–Crippen LogP) is 4.43. The molecular formula is C28H30F2N4O2. The molecule has 3 aromatic rings. The molecule has 0 bridgehead atoms. The van der Waals surface area contributed by atoms with Gasteiger partial charge in [0, 0.05) is 17.7 Å². The first kappa shape index (κ1) is 24.2. The van der Waals surface area contributed by atoms with E-state index in [4.69, 9.17) is 0 Å². The van der Waals surface area contributed by atoms with Gasteiger partial charge in [-0.3, -0.25) is 14.7 Å². The van der Waals surface area contributed by atoms with Crippen LogP contribution in [0.3, 0.4) is 0 Å². The number of aromatic nitrogens is 2. The minimum Gasteiger partial charge on any atom is -0.343 e. The van der Waals surface area contributed by atoms with Crippen molar-refractivity contribution < 1.29 is 18.4 Å². The molecule has 3 unspecified atom stereocenters. The van der Waals surface area contributed by atoms with Crippen molar-refractivity contribution in [3.63, 3.8) is 0 Å². The number of carbonyl (C=O) groups is 2. The zero-order chi connectivity index (χ0) is 25.4. The number of halogens is 2. The van der Waals surface area contributed by atoms with Crippen molar-refractivity contribution in [2.75, 3.05) is 6.54 Å². The van der Waals surface area contributed by atoms with Gasteiger partial charge in [0.05, 0.1) is 24.7 Å². The molecule has 36 heavy (non-hydrogen) atoms. The molecule has 188 valence electrons. The Morgan fingerprint density at radius 1 is 1.14 bits per heavy atom. The van der Waals surface area contributed by atoms with Gasteiger partial charge in [-0.25, -0.2) is 8.78 Å². The number of aromatic amines is 1. The van der Waals surface area contributed by atoms with E-state index in [2.05, 4.69) is 15.5 Å². The number of likely N-dealkylation sites (tertiary alicyclic amines) is 1. The maximum absolute atomic E-state index is 14.9. The van der Waals surface area contributed by atoms with E-state index in [1.807, 2.05) is 43.3 Å². The molecule has 2 amide bonds. The zero-order valence-electron chi connectivity index (χ0n) is 20.4. The molecule has 3 atom stereocenters. The first-order valence-corrected chi connectivity index (χ1v) is 12.4. The Labute approximate surface area is 209 Å². The lowest BCUT2D eigenvalue weighted by atomic mass is 9.96. The van der Waals surface area contributed by atoms with Crippen molar-refractivity contribution in [2.45, 2.75) is 63.7 Å². The van der Waals surface area contributed by atoms with Crippen LogP contribution in [-0.2, 0) is 16.0 Å². The molecule has 0 spiro atoms. The van der Waals surface area contributed by atoms with E-state index in [9.17, 15) is 18.4 Å². The molecule has 1 saturated heterocycles. The van der Waals surface area contributed by atoms with Gasteiger partial charge in [-0.2, -0.15) is 5.10 Å². The Bertz CT molecular complexity index is 1250. The van der Waals surface area contributed by atoms with Gasteiger partial charge < -0.3 is 10.2 Å². The number of benzene rings is 2. The quantitative estimate of drug-likeness (QED) is 0.512. The second-order valence-corrected chi connectivity index (χ2v) is 9.89. The summed E-state index contributed by atoms with van der Waals surface area (Å²) in [6.07, 6.45) is 0.658. The van der Waals surface area contributed by atoms with Crippen LogP contribution in [0.4, 0.5) is 8.78 Å². The van der Waals surface area contributed by atoms with Crippen molar-refractivity contribution >= 4 is 11.8 Å². The SMILES string of the molecule is Cc1n[nH]c(C)c1CC(=O)N1CC(F)CC1C(=O)NC(c1ccccc1)c1ccc(C2CC2)c(F)c1. The molecule has 2 N–H and O–H groups in total. The summed E-state index contributed by atoms with van der Waals surface area (Å²) in [6.45, 7) is 3.50. The third kappa shape index (κ3) is 4.90. The van der Waals surface area contributed by atoms with Gasteiger partial charge in [0.15, 0.2) is 0 Å². The van der Waals surface area contributed by atoms with Gasteiger partial charge in [0.1, 0.15) is 18.0 Å². The van der Waals surface area contributed by atoms with Crippen molar-refractivity contribution in [2.24, 2.45) is 0 Å². The molecule has 8 heteroatoms. The first-order valence-electron chi connectivity index (χ1n) is 12.4. The third-order valence-corrected chi connectivity index (χ3v) is 7.28. The second kappa shape index (κ2) is 9.84. The van der Waals surface area contributed by atoms with Crippen molar-refractivity contribution in [1.29, 1.82) is 0 Å². The number of rotatable bonds is 7. The number of carbonyl (C=O) groups excluding carboxylic acids is 2. The average molecular weight is 493 g/mol. The number of aryl methyl sites for hydroxylation is 2. The van der Waals surface area contributed by atoms with Gasteiger partial charge in [-0.15, -0.1) is 0 Å². The van der Waals surface area contributed by atoms with Crippen molar-refractivity contribution in [1.82, 2.24) is 20.4 Å². The number of hydrogen-bond acceptors (Lipinski definition) is 3. The number of nitrogens with zero attached hydrogens (tertiary/aromatic N) is 2. The molecule has 5 rings (SSSR count). The van der Waals surface area contributed by atoms with E-state index in [0.29, 0.717) is 16.8 Å². The molecule has 1 aliphatic carbocycles. The predicted molar refractivity (Wildman–Crippen MR) is 132 cm³/mol. The number of hydrogen-bond donors (Lipinski definition) is 2. The minimum absolute atomic E-state index is 0.0423. The lowest BCUT2D eigenvalue weighted by molar-refractivity contribution is -0.138. The monoisotopic (exact) mass is 492 g/mol. The summed E-state index contributed by atoms with van der Waals surface area (Å²) in [5.41, 5.74) is 4.33. The van der Waals surface area contributed by atoms with Gasteiger partial charge in [-0.05, 0) is 55.4 Å². The maximum Gasteiger partial charge on any atom is 0.243 e. The van der Waals surface area contributed by atoms with E-state index >= 15 is 0 Å². The third-order valence-electron chi connectivity index (χ3n) is 7.28. The summed E-state index contributed by atoms with van der Waals surface area (Å²) < 4.78 is 29.4. The Kier molecular flexibility index (Phi) is 6.60. The lowest BCUT2D eigenvalue weighted by Gasteiger charge is -2.27. The lowest BCUT2D eigenvalue weighted by Crippen LogP contribution is -2.47. The van der Waals surface area contributed by atoms with Crippen molar-refractivity contribution in [3.8, 4) is 0 Å². The van der Waals surface area contributed by atoms with Crippen LogP contribution in [0.1, 0.15) is 64.9 Å². The molecule has 1 aliphatic heterocycles.